The Bertz CT molecular complexity index is 259. The predicted octanol–water partition coefficient (Wildman–Crippen LogP) is 3.09. The Morgan fingerprint density at radius 3 is 2.54 bits per heavy atom. The molecule has 0 amide bonds. The Hall–Kier alpha value is -1.24. The molecule has 0 bridgehead atoms. The molecule has 0 radical (unpaired) electrons. The van der Waals surface area contributed by atoms with Crippen molar-refractivity contribution in [2.75, 3.05) is 6.61 Å². The standard InChI is InChI=1S/C12H16O/c1-3-9-13-10-8-12-6-4-11(2)5-7-12/h3-7,9H,8,10H2,1-2H3. The molecule has 0 N–H and O–H groups in total. The van der Waals surface area contributed by atoms with Gasteiger partial charge in [-0.3, -0.25) is 0 Å². The van der Waals surface area contributed by atoms with Crippen molar-refractivity contribution in [3.8, 4) is 0 Å². The zero-order chi connectivity index (χ0) is 9.52. The third-order valence-corrected chi connectivity index (χ3v) is 1.86. The average molecular weight is 176 g/mol. The monoisotopic (exact) mass is 176 g/mol. The maximum Gasteiger partial charge on any atom is 0.0913 e. The van der Waals surface area contributed by atoms with Crippen molar-refractivity contribution < 1.29 is 4.74 Å². The Kier molecular flexibility index (Phi) is 4.10. The molecule has 1 aromatic rings. The van der Waals surface area contributed by atoms with E-state index >= 15 is 0 Å². The highest BCUT2D eigenvalue weighted by Crippen LogP contribution is 2.03. The SMILES string of the molecule is CC=COCCc1ccc(C)cc1. The minimum atomic E-state index is 0.757. The van der Waals surface area contributed by atoms with Crippen LogP contribution < -0.4 is 0 Å². The lowest BCUT2D eigenvalue weighted by molar-refractivity contribution is 0.253. The first-order valence-electron chi connectivity index (χ1n) is 4.61. The molecule has 0 saturated carbocycles. The Balaban J connectivity index is 2.33. The largest absolute Gasteiger partial charge is 0.501 e. The Morgan fingerprint density at radius 2 is 1.92 bits per heavy atom. The molecule has 13 heavy (non-hydrogen) atoms. The van der Waals surface area contributed by atoms with Gasteiger partial charge in [0, 0.05) is 6.42 Å². The van der Waals surface area contributed by atoms with Crippen molar-refractivity contribution in [3.63, 3.8) is 0 Å². The van der Waals surface area contributed by atoms with E-state index in [1.54, 1.807) is 6.26 Å². The third kappa shape index (κ3) is 3.79. The minimum absolute atomic E-state index is 0.757. The number of allylic oxidation sites excluding steroid dienone is 1. The molecule has 0 aliphatic carbocycles. The van der Waals surface area contributed by atoms with Gasteiger partial charge >= 0.3 is 0 Å². The predicted molar refractivity (Wildman–Crippen MR) is 55.6 cm³/mol. The van der Waals surface area contributed by atoms with Crippen LogP contribution in [-0.2, 0) is 11.2 Å². The number of hydrogen-bond acceptors (Lipinski definition) is 1. The van der Waals surface area contributed by atoms with Crippen LogP contribution in [0.4, 0.5) is 0 Å². The van der Waals surface area contributed by atoms with E-state index in [1.807, 2.05) is 13.0 Å². The quantitative estimate of drug-likeness (QED) is 0.506. The summed E-state index contributed by atoms with van der Waals surface area (Å²) in [5.74, 6) is 0. The number of hydrogen-bond donors (Lipinski definition) is 0. The molecule has 0 saturated heterocycles. The summed E-state index contributed by atoms with van der Waals surface area (Å²) in [6.45, 7) is 4.80. The molecule has 0 aromatic heterocycles. The zero-order valence-electron chi connectivity index (χ0n) is 8.29. The Morgan fingerprint density at radius 1 is 1.23 bits per heavy atom. The van der Waals surface area contributed by atoms with Gasteiger partial charge in [-0.25, -0.2) is 0 Å². The van der Waals surface area contributed by atoms with Crippen LogP contribution in [0.2, 0.25) is 0 Å². The summed E-state index contributed by atoms with van der Waals surface area (Å²) in [7, 11) is 0. The molecule has 1 aromatic carbocycles. The second kappa shape index (κ2) is 5.41. The summed E-state index contributed by atoms with van der Waals surface area (Å²) in [4.78, 5) is 0. The fourth-order valence-electron chi connectivity index (χ4n) is 1.10. The van der Waals surface area contributed by atoms with Gasteiger partial charge in [0.05, 0.1) is 12.9 Å². The van der Waals surface area contributed by atoms with Crippen molar-refractivity contribution in [2.45, 2.75) is 20.3 Å². The van der Waals surface area contributed by atoms with Crippen LogP contribution in [0, 0.1) is 6.92 Å². The normalized spacial score (nSPS) is 10.6. The van der Waals surface area contributed by atoms with Gasteiger partial charge in [0.25, 0.3) is 0 Å². The van der Waals surface area contributed by atoms with Crippen molar-refractivity contribution in [2.24, 2.45) is 0 Å². The van der Waals surface area contributed by atoms with Gasteiger partial charge in [0.15, 0.2) is 0 Å². The zero-order valence-corrected chi connectivity index (χ0v) is 8.29. The number of benzene rings is 1. The van der Waals surface area contributed by atoms with Gasteiger partial charge in [0.1, 0.15) is 0 Å². The van der Waals surface area contributed by atoms with E-state index in [4.69, 9.17) is 4.74 Å². The maximum absolute atomic E-state index is 5.24. The molecule has 70 valence electrons. The molecule has 0 atom stereocenters. The van der Waals surface area contributed by atoms with Crippen LogP contribution in [0.5, 0.6) is 0 Å². The molecule has 0 heterocycles. The lowest BCUT2D eigenvalue weighted by Gasteiger charge is -2.01. The first-order valence-corrected chi connectivity index (χ1v) is 4.61. The van der Waals surface area contributed by atoms with Crippen LogP contribution in [-0.4, -0.2) is 6.61 Å². The highest BCUT2D eigenvalue weighted by molar-refractivity contribution is 5.21. The third-order valence-electron chi connectivity index (χ3n) is 1.86. The molecule has 0 aliphatic rings. The summed E-state index contributed by atoms with van der Waals surface area (Å²) < 4.78 is 5.24. The molecule has 1 nitrogen and oxygen atoms in total. The molecular weight excluding hydrogens is 160 g/mol. The molecular formula is C12H16O. The van der Waals surface area contributed by atoms with Crippen molar-refractivity contribution in [1.29, 1.82) is 0 Å². The first kappa shape index (κ1) is 9.85. The highest BCUT2D eigenvalue weighted by Gasteiger charge is 1.91. The van der Waals surface area contributed by atoms with Crippen LogP contribution in [0.1, 0.15) is 18.1 Å². The molecule has 0 fully saturated rings. The van der Waals surface area contributed by atoms with E-state index in [1.165, 1.54) is 11.1 Å². The fraction of sp³-hybridized carbons (Fsp3) is 0.333. The fourth-order valence-corrected chi connectivity index (χ4v) is 1.10. The Labute approximate surface area is 80.0 Å². The summed E-state index contributed by atoms with van der Waals surface area (Å²) >= 11 is 0. The summed E-state index contributed by atoms with van der Waals surface area (Å²) in [5.41, 5.74) is 2.63. The van der Waals surface area contributed by atoms with Crippen molar-refractivity contribution >= 4 is 0 Å². The van der Waals surface area contributed by atoms with Crippen molar-refractivity contribution in [3.05, 3.63) is 47.7 Å². The van der Waals surface area contributed by atoms with Gasteiger partial charge in [-0.15, -0.1) is 0 Å². The second-order valence-electron chi connectivity index (χ2n) is 3.08. The molecule has 1 heteroatoms. The van der Waals surface area contributed by atoms with E-state index in [0.29, 0.717) is 0 Å². The highest BCUT2D eigenvalue weighted by atomic mass is 16.5. The molecule has 1 rings (SSSR count). The smallest absolute Gasteiger partial charge is 0.0913 e. The van der Waals surface area contributed by atoms with E-state index in [9.17, 15) is 0 Å². The van der Waals surface area contributed by atoms with Gasteiger partial charge in [-0.1, -0.05) is 35.9 Å². The van der Waals surface area contributed by atoms with E-state index in [0.717, 1.165) is 13.0 Å². The second-order valence-corrected chi connectivity index (χ2v) is 3.08. The first-order chi connectivity index (χ1) is 6.33. The number of aryl methyl sites for hydroxylation is 1. The van der Waals surface area contributed by atoms with Crippen LogP contribution in [0.15, 0.2) is 36.6 Å². The van der Waals surface area contributed by atoms with Gasteiger partial charge in [-0.2, -0.15) is 0 Å². The minimum Gasteiger partial charge on any atom is -0.501 e. The number of rotatable bonds is 4. The van der Waals surface area contributed by atoms with E-state index in [-0.39, 0.29) is 0 Å². The van der Waals surface area contributed by atoms with Crippen LogP contribution >= 0.6 is 0 Å². The van der Waals surface area contributed by atoms with Crippen LogP contribution in [0.25, 0.3) is 0 Å². The van der Waals surface area contributed by atoms with Crippen LogP contribution in [0.3, 0.4) is 0 Å². The molecule has 0 spiro atoms. The van der Waals surface area contributed by atoms with Gasteiger partial charge < -0.3 is 4.74 Å². The average Bonchev–Trinajstić information content (AvgIpc) is 2.15. The van der Waals surface area contributed by atoms with Gasteiger partial charge in [0.2, 0.25) is 0 Å². The maximum atomic E-state index is 5.24. The summed E-state index contributed by atoms with van der Waals surface area (Å²) in [5, 5.41) is 0. The lowest BCUT2D eigenvalue weighted by Crippen LogP contribution is -1.93. The topological polar surface area (TPSA) is 9.23 Å². The van der Waals surface area contributed by atoms with Crippen molar-refractivity contribution in [1.82, 2.24) is 0 Å². The van der Waals surface area contributed by atoms with Gasteiger partial charge in [-0.05, 0) is 19.4 Å². The van der Waals surface area contributed by atoms with E-state index < -0.39 is 0 Å². The number of ether oxygens (including phenoxy) is 1. The molecule has 0 aliphatic heterocycles. The molecule has 0 unspecified atom stereocenters. The summed E-state index contributed by atoms with van der Waals surface area (Å²) in [6, 6.07) is 8.55. The lowest BCUT2D eigenvalue weighted by atomic mass is 10.1. The van der Waals surface area contributed by atoms with E-state index in [2.05, 4.69) is 31.2 Å². The summed E-state index contributed by atoms with van der Waals surface area (Å²) in [6.07, 6.45) is 4.61.